The Hall–Kier alpha value is -2.56. The molecule has 0 bridgehead atoms. The van der Waals surface area contributed by atoms with Gasteiger partial charge in [-0.2, -0.15) is 0 Å². The predicted octanol–water partition coefficient (Wildman–Crippen LogP) is 3.38. The normalized spacial score (nSPS) is 11.8. The third-order valence-electron chi connectivity index (χ3n) is 3.65. The highest BCUT2D eigenvalue weighted by atomic mass is 16.3. The van der Waals surface area contributed by atoms with E-state index in [2.05, 4.69) is 5.32 Å². The van der Waals surface area contributed by atoms with Gasteiger partial charge in [0.1, 0.15) is 5.76 Å². The Balaban J connectivity index is 2.23. The van der Waals surface area contributed by atoms with Crippen molar-refractivity contribution in [2.45, 2.75) is 26.8 Å². The van der Waals surface area contributed by atoms with Gasteiger partial charge in [-0.25, -0.2) is 0 Å². The van der Waals surface area contributed by atoms with E-state index in [9.17, 15) is 9.59 Å². The van der Waals surface area contributed by atoms with Gasteiger partial charge < -0.3 is 14.6 Å². The summed E-state index contributed by atoms with van der Waals surface area (Å²) in [7, 11) is 1.73. The number of nitrogens with zero attached hydrogens (tertiary/aromatic N) is 1. The molecule has 116 valence electrons. The van der Waals surface area contributed by atoms with E-state index in [0.29, 0.717) is 11.3 Å². The second kappa shape index (κ2) is 6.47. The summed E-state index contributed by atoms with van der Waals surface area (Å²) < 4.78 is 5.35. The van der Waals surface area contributed by atoms with Crippen molar-refractivity contribution in [3.63, 3.8) is 0 Å². The summed E-state index contributed by atoms with van der Waals surface area (Å²) in [6, 6.07) is 8.74. The molecule has 1 aromatic heterocycles. The van der Waals surface area contributed by atoms with Crippen molar-refractivity contribution in [2.75, 3.05) is 12.4 Å². The maximum absolute atomic E-state index is 12.6. The van der Waals surface area contributed by atoms with Crippen LogP contribution in [0.3, 0.4) is 0 Å². The van der Waals surface area contributed by atoms with Crippen molar-refractivity contribution in [2.24, 2.45) is 0 Å². The highest BCUT2D eigenvalue weighted by Crippen LogP contribution is 2.23. The molecule has 2 amide bonds. The van der Waals surface area contributed by atoms with Crippen LogP contribution in [-0.2, 0) is 4.79 Å². The molecule has 0 radical (unpaired) electrons. The number of anilines is 1. The molecule has 0 spiro atoms. The fourth-order valence-electron chi connectivity index (χ4n) is 2.18. The van der Waals surface area contributed by atoms with Crippen molar-refractivity contribution in [3.8, 4) is 0 Å². The van der Waals surface area contributed by atoms with E-state index in [1.165, 1.54) is 6.92 Å². The molecule has 2 rings (SSSR count). The number of hydrogen-bond donors (Lipinski definition) is 1. The maximum atomic E-state index is 12.6. The lowest BCUT2D eigenvalue weighted by Crippen LogP contribution is -2.29. The summed E-state index contributed by atoms with van der Waals surface area (Å²) in [4.78, 5) is 25.4. The van der Waals surface area contributed by atoms with Gasteiger partial charge in [0.2, 0.25) is 5.91 Å². The molecule has 0 aliphatic rings. The number of benzene rings is 1. The van der Waals surface area contributed by atoms with Crippen LogP contribution in [0.25, 0.3) is 0 Å². The van der Waals surface area contributed by atoms with Crippen LogP contribution in [0.5, 0.6) is 0 Å². The highest BCUT2D eigenvalue weighted by molar-refractivity contribution is 5.97. The lowest BCUT2D eigenvalue weighted by Gasteiger charge is -2.23. The van der Waals surface area contributed by atoms with E-state index in [-0.39, 0.29) is 17.9 Å². The zero-order chi connectivity index (χ0) is 16.3. The average molecular weight is 300 g/mol. The van der Waals surface area contributed by atoms with Crippen LogP contribution in [0.1, 0.15) is 41.6 Å². The Bertz CT molecular complexity index is 677. The molecule has 22 heavy (non-hydrogen) atoms. The van der Waals surface area contributed by atoms with Crippen molar-refractivity contribution < 1.29 is 14.0 Å². The van der Waals surface area contributed by atoms with Crippen LogP contribution in [0, 0.1) is 6.92 Å². The molecule has 5 nitrogen and oxygen atoms in total. The minimum absolute atomic E-state index is 0.129. The molecule has 5 heteroatoms. The van der Waals surface area contributed by atoms with Crippen LogP contribution < -0.4 is 5.32 Å². The fourth-order valence-corrected chi connectivity index (χ4v) is 2.18. The summed E-state index contributed by atoms with van der Waals surface area (Å²) in [5, 5.41) is 2.74. The third kappa shape index (κ3) is 3.36. The zero-order valence-electron chi connectivity index (χ0n) is 13.2. The first-order chi connectivity index (χ1) is 10.4. The summed E-state index contributed by atoms with van der Waals surface area (Å²) >= 11 is 0. The molecule has 0 aliphatic carbocycles. The van der Waals surface area contributed by atoms with E-state index in [4.69, 9.17) is 4.42 Å². The maximum Gasteiger partial charge on any atom is 0.254 e. The van der Waals surface area contributed by atoms with Crippen LogP contribution in [0.2, 0.25) is 0 Å². The first kappa shape index (κ1) is 15.8. The Morgan fingerprint density at radius 3 is 2.59 bits per heavy atom. The molecule has 1 N–H and O–H groups in total. The Morgan fingerprint density at radius 1 is 1.27 bits per heavy atom. The molecule has 0 saturated carbocycles. The Labute approximate surface area is 129 Å². The summed E-state index contributed by atoms with van der Waals surface area (Å²) in [5.41, 5.74) is 2.08. The molecule has 0 fully saturated rings. The quantitative estimate of drug-likeness (QED) is 0.941. The van der Waals surface area contributed by atoms with E-state index in [1.807, 2.05) is 26.0 Å². The van der Waals surface area contributed by atoms with Gasteiger partial charge in [0, 0.05) is 25.2 Å². The Kier molecular flexibility index (Phi) is 4.65. The molecular formula is C17H20N2O3. The summed E-state index contributed by atoms with van der Waals surface area (Å²) in [6.45, 7) is 5.23. The number of hydrogen-bond acceptors (Lipinski definition) is 3. The third-order valence-corrected chi connectivity index (χ3v) is 3.65. The van der Waals surface area contributed by atoms with Gasteiger partial charge >= 0.3 is 0 Å². The molecule has 0 saturated heterocycles. The van der Waals surface area contributed by atoms with Gasteiger partial charge in [-0.05, 0) is 43.7 Å². The lowest BCUT2D eigenvalue weighted by molar-refractivity contribution is -0.114. The lowest BCUT2D eigenvalue weighted by atomic mass is 10.1. The number of furan rings is 1. The summed E-state index contributed by atoms with van der Waals surface area (Å²) in [6.07, 6.45) is 1.59. The molecule has 1 atom stereocenters. The van der Waals surface area contributed by atoms with Gasteiger partial charge in [-0.1, -0.05) is 6.07 Å². The van der Waals surface area contributed by atoms with E-state index >= 15 is 0 Å². The minimum atomic E-state index is -0.173. The number of carbonyl (C=O) groups excluding carboxylic acids is 2. The number of carbonyl (C=O) groups is 2. The molecule has 0 aliphatic heterocycles. The van der Waals surface area contributed by atoms with Crippen molar-refractivity contribution >= 4 is 17.5 Å². The van der Waals surface area contributed by atoms with Gasteiger partial charge in [0.15, 0.2) is 0 Å². The van der Waals surface area contributed by atoms with E-state index in [1.54, 1.807) is 36.4 Å². The number of amides is 2. The van der Waals surface area contributed by atoms with Crippen molar-refractivity contribution in [3.05, 3.63) is 53.5 Å². The standard InChI is InChI=1S/C17H20N2O3/c1-11-7-8-14(10-15(11)18-13(3)20)17(21)19(4)12(2)16-6-5-9-22-16/h5-10,12H,1-4H3,(H,18,20). The number of nitrogens with one attached hydrogen (secondary N) is 1. The minimum Gasteiger partial charge on any atom is -0.467 e. The SMILES string of the molecule is CC(=O)Nc1cc(C(=O)N(C)C(C)c2ccco2)ccc1C. The van der Waals surface area contributed by atoms with Gasteiger partial charge in [0.05, 0.1) is 12.3 Å². The second-order valence-electron chi connectivity index (χ2n) is 5.32. The Morgan fingerprint density at radius 2 is 2.00 bits per heavy atom. The van der Waals surface area contributed by atoms with E-state index < -0.39 is 0 Å². The second-order valence-corrected chi connectivity index (χ2v) is 5.32. The number of aryl methyl sites for hydroxylation is 1. The fraction of sp³-hybridized carbons (Fsp3) is 0.294. The molecule has 2 aromatic rings. The first-order valence-corrected chi connectivity index (χ1v) is 7.09. The van der Waals surface area contributed by atoms with Crippen LogP contribution in [0.4, 0.5) is 5.69 Å². The van der Waals surface area contributed by atoms with Gasteiger partial charge in [-0.15, -0.1) is 0 Å². The van der Waals surface area contributed by atoms with Crippen molar-refractivity contribution in [1.82, 2.24) is 4.90 Å². The van der Waals surface area contributed by atoms with Crippen LogP contribution >= 0.6 is 0 Å². The predicted molar refractivity (Wildman–Crippen MR) is 84.7 cm³/mol. The first-order valence-electron chi connectivity index (χ1n) is 7.09. The molecule has 1 unspecified atom stereocenters. The number of rotatable bonds is 4. The monoisotopic (exact) mass is 300 g/mol. The molecular weight excluding hydrogens is 280 g/mol. The smallest absolute Gasteiger partial charge is 0.254 e. The summed E-state index contributed by atoms with van der Waals surface area (Å²) in [5.74, 6) is 0.436. The van der Waals surface area contributed by atoms with Crippen LogP contribution in [-0.4, -0.2) is 23.8 Å². The van der Waals surface area contributed by atoms with Crippen molar-refractivity contribution in [1.29, 1.82) is 0 Å². The topological polar surface area (TPSA) is 62.6 Å². The highest BCUT2D eigenvalue weighted by Gasteiger charge is 2.21. The largest absolute Gasteiger partial charge is 0.467 e. The van der Waals surface area contributed by atoms with Crippen LogP contribution in [0.15, 0.2) is 41.0 Å². The van der Waals surface area contributed by atoms with Gasteiger partial charge in [-0.3, -0.25) is 9.59 Å². The zero-order valence-corrected chi connectivity index (χ0v) is 13.2. The van der Waals surface area contributed by atoms with Gasteiger partial charge in [0.25, 0.3) is 5.91 Å². The van der Waals surface area contributed by atoms with E-state index in [0.717, 1.165) is 11.3 Å². The molecule has 1 aromatic carbocycles. The molecule has 1 heterocycles. The average Bonchev–Trinajstić information content (AvgIpc) is 3.01.